The molecule has 1 unspecified atom stereocenters. The first kappa shape index (κ1) is 9.34. The zero-order valence-corrected chi connectivity index (χ0v) is 8.29. The Hall–Kier alpha value is -1.22. The molecule has 74 valence electrons. The Morgan fingerprint density at radius 2 is 2.43 bits per heavy atom. The third-order valence-corrected chi connectivity index (χ3v) is 2.63. The van der Waals surface area contributed by atoms with Crippen LogP contribution in [0.2, 0.25) is 0 Å². The third-order valence-electron chi connectivity index (χ3n) is 2.63. The molecular weight excluding hydrogens is 176 g/mol. The molecule has 2 heterocycles. The lowest BCUT2D eigenvalue weighted by molar-refractivity contribution is 0.0930. The second kappa shape index (κ2) is 3.88. The van der Waals surface area contributed by atoms with Gasteiger partial charge in [0.1, 0.15) is 0 Å². The van der Waals surface area contributed by atoms with E-state index in [1.54, 1.807) is 6.20 Å². The molecule has 1 saturated heterocycles. The fourth-order valence-electron chi connectivity index (χ4n) is 1.73. The second-order valence-corrected chi connectivity index (χ2v) is 3.74. The number of ketones is 1. The standard InChI is InChI=1S/C11H14N2O/c1-8-2-3-9(7-13-8)11(14)10-4-5-12-6-10/h2-3,7,10,12H,4-6H2,1H3. The average Bonchev–Trinajstić information content (AvgIpc) is 2.71. The number of nitrogens with zero attached hydrogens (tertiary/aromatic N) is 1. The van der Waals surface area contributed by atoms with E-state index in [0.717, 1.165) is 30.8 Å². The first-order chi connectivity index (χ1) is 6.77. The van der Waals surface area contributed by atoms with Gasteiger partial charge in [-0.2, -0.15) is 0 Å². The quantitative estimate of drug-likeness (QED) is 0.712. The number of aromatic nitrogens is 1. The fraction of sp³-hybridized carbons (Fsp3) is 0.455. The summed E-state index contributed by atoms with van der Waals surface area (Å²) in [4.78, 5) is 16.0. The lowest BCUT2D eigenvalue weighted by Gasteiger charge is -2.06. The maximum Gasteiger partial charge on any atom is 0.168 e. The number of carbonyl (C=O) groups is 1. The van der Waals surface area contributed by atoms with Crippen LogP contribution in [0.5, 0.6) is 0 Å². The van der Waals surface area contributed by atoms with Crippen LogP contribution in [0, 0.1) is 12.8 Å². The first-order valence-electron chi connectivity index (χ1n) is 4.95. The first-order valence-corrected chi connectivity index (χ1v) is 4.95. The molecule has 1 N–H and O–H groups in total. The van der Waals surface area contributed by atoms with Crippen LogP contribution in [0.4, 0.5) is 0 Å². The van der Waals surface area contributed by atoms with E-state index in [9.17, 15) is 4.79 Å². The second-order valence-electron chi connectivity index (χ2n) is 3.74. The summed E-state index contributed by atoms with van der Waals surface area (Å²) in [6.07, 6.45) is 2.63. The summed E-state index contributed by atoms with van der Waals surface area (Å²) in [6, 6.07) is 3.75. The number of aryl methyl sites for hydroxylation is 1. The Balaban J connectivity index is 2.14. The molecule has 1 aliphatic heterocycles. The van der Waals surface area contributed by atoms with Crippen molar-refractivity contribution in [1.82, 2.24) is 10.3 Å². The maximum atomic E-state index is 11.9. The largest absolute Gasteiger partial charge is 0.316 e. The summed E-state index contributed by atoms with van der Waals surface area (Å²) >= 11 is 0. The molecule has 0 aliphatic carbocycles. The van der Waals surface area contributed by atoms with E-state index in [1.807, 2.05) is 19.1 Å². The zero-order valence-electron chi connectivity index (χ0n) is 8.29. The highest BCUT2D eigenvalue weighted by molar-refractivity contribution is 5.97. The zero-order chi connectivity index (χ0) is 9.97. The monoisotopic (exact) mass is 190 g/mol. The lowest BCUT2D eigenvalue weighted by atomic mass is 9.98. The highest BCUT2D eigenvalue weighted by Crippen LogP contribution is 2.14. The summed E-state index contributed by atoms with van der Waals surface area (Å²) in [6.45, 7) is 3.69. The van der Waals surface area contributed by atoms with Crippen molar-refractivity contribution in [3.63, 3.8) is 0 Å². The van der Waals surface area contributed by atoms with Crippen molar-refractivity contribution in [2.45, 2.75) is 13.3 Å². The maximum absolute atomic E-state index is 11.9. The molecule has 1 fully saturated rings. The van der Waals surface area contributed by atoms with Crippen LogP contribution in [-0.4, -0.2) is 23.9 Å². The van der Waals surface area contributed by atoms with E-state index in [4.69, 9.17) is 0 Å². The van der Waals surface area contributed by atoms with Gasteiger partial charge >= 0.3 is 0 Å². The SMILES string of the molecule is Cc1ccc(C(=O)C2CCNC2)cn1. The third kappa shape index (κ3) is 1.82. The molecular formula is C11H14N2O. The molecule has 2 rings (SSSR count). The number of nitrogens with one attached hydrogen (secondary N) is 1. The molecule has 3 nitrogen and oxygen atoms in total. The van der Waals surface area contributed by atoms with Gasteiger partial charge in [0.25, 0.3) is 0 Å². The minimum absolute atomic E-state index is 0.152. The Bertz CT molecular complexity index is 326. The minimum atomic E-state index is 0.152. The van der Waals surface area contributed by atoms with Gasteiger partial charge in [0.15, 0.2) is 5.78 Å². The van der Waals surface area contributed by atoms with Crippen molar-refractivity contribution in [3.05, 3.63) is 29.6 Å². The van der Waals surface area contributed by atoms with Gasteiger partial charge in [-0.1, -0.05) is 0 Å². The van der Waals surface area contributed by atoms with Crippen LogP contribution in [-0.2, 0) is 0 Å². The Morgan fingerprint density at radius 3 is 3.00 bits per heavy atom. The number of rotatable bonds is 2. The van der Waals surface area contributed by atoms with Crippen molar-refractivity contribution < 1.29 is 4.79 Å². The van der Waals surface area contributed by atoms with Crippen molar-refractivity contribution >= 4 is 5.78 Å². The highest BCUT2D eigenvalue weighted by atomic mass is 16.1. The van der Waals surface area contributed by atoms with E-state index in [0.29, 0.717) is 0 Å². The van der Waals surface area contributed by atoms with Gasteiger partial charge in [-0.25, -0.2) is 0 Å². The average molecular weight is 190 g/mol. The number of carbonyl (C=O) groups excluding carboxylic acids is 1. The summed E-state index contributed by atoms with van der Waals surface area (Å²) in [7, 11) is 0. The molecule has 1 aromatic rings. The molecule has 0 amide bonds. The molecule has 0 aromatic carbocycles. The van der Waals surface area contributed by atoms with E-state index >= 15 is 0 Å². The minimum Gasteiger partial charge on any atom is -0.316 e. The molecule has 0 saturated carbocycles. The van der Waals surface area contributed by atoms with Crippen LogP contribution >= 0.6 is 0 Å². The van der Waals surface area contributed by atoms with Crippen LogP contribution in [0.3, 0.4) is 0 Å². The van der Waals surface area contributed by atoms with Crippen LogP contribution in [0.25, 0.3) is 0 Å². The van der Waals surface area contributed by atoms with Crippen LogP contribution < -0.4 is 5.32 Å². The summed E-state index contributed by atoms with van der Waals surface area (Å²) < 4.78 is 0. The van der Waals surface area contributed by atoms with Crippen molar-refractivity contribution in [1.29, 1.82) is 0 Å². The Labute approximate surface area is 83.5 Å². The van der Waals surface area contributed by atoms with Gasteiger partial charge in [0.05, 0.1) is 0 Å². The Morgan fingerprint density at radius 1 is 1.57 bits per heavy atom. The predicted octanol–water partition coefficient (Wildman–Crippen LogP) is 1.18. The van der Waals surface area contributed by atoms with Gasteiger partial charge in [-0.15, -0.1) is 0 Å². The number of pyridine rings is 1. The molecule has 14 heavy (non-hydrogen) atoms. The highest BCUT2D eigenvalue weighted by Gasteiger charge is 2.23. The Kier molecular flexibility index (Phi) is 2.59. The fourth-order valence-corrected chi connectivity index (χ4v) is 1.73. The van der Waals surface area contributed by atoms with E-state index in [-0.39, 0.29) is 11.7 Å². The van der Waals surface area contributed by atoms with Crippen molar-refractivity contribution in [2.24, 2.45) is 5.92 Å². The normalized spacial score (nSPS) is 21.1. The molecule has 3 heteroatoms. The molecule has 0 spiro atoms. The molecule has 0 bridgehead atoms. The van der Waals surface area contributed by atoms with Gasteiger partial charge < -0.3 is 5.32 Å². The predicted molar refractivity (Wildman–Crippen MR) is 54.3 cm³/mol. The number of hydrogen-bond donors (Lipinski definition) is 1. The summed E-state index contributed by atoms with van der Waals surface area (Å²) in [5.41, 5.74) is 1.69. The van der Waals surface area contributed by atoms with E-state index in [1.165, 1.54) is 0 Å². The van der Waals surface area contributed by atoms with Gasteiger partial charge in [0, 0.05) is 29.9 Å². The molecule has 0 radical (unpaired) electrons. The van der Waals surface area contributed by atoms with Crippen molar-refractivity contribution in [3.8, 4) is 0 Å². The molecule has 1 atom stereocenters. The van der Waals surface area contributed by atoms with Crippen molar-refractivity contribution in [2.75, 3.05) is 13.1 Å². The summed E-state index contributed by atoms with van der Waals surface area (Å²) in [5.74, 6) is 0.377. The lowest BCUT2D eigenvalue weighted by Crippen LogP contribution is -2.18. The molecule has 1 aliphatic rings. The van der Waals surface area contributed by atoms with Gasteiger partial charge in [-0.05, 0) is 32.0 Å². The smallest absolute Gasteiger partial charge is 0.168 e. The number of hydrogen-bond acceptors (Lipinski definition) is 3. The van der Waals surface area contributed by atoms with Gasteiger partial charge in [-0.3, -0.25) is 9.78 Å². The summed E-state index contributed by atoms with van der Waals surface area (Å²) in [5, 5.41) is 3.19. The van der Waals surface area contributed by atoms with Gasteiger partial charge in [0.2, 0.25) is 0 Å². The van der Waals surface area contributed by atoms with E-state index < -0.39 is 0 Å². The number of Topliss-reactive ketones (excluding diaryl/α,β-unsaturated/α-hetero) is 1. The van der Waals surface area contributed by atoms with E-state index in [2.05, 4.69) is 10.3 Å². The topological polar surface area (TPSA) is 42.0 Å². The molecule has 1 aromatic heterocycles. The van der Waals surface area contributed by atoms with Crippen LogP contribution in [0.15, 0.2) is 18.3 Å². The van der Waals surface area contributed by atoms with Crippen LogP contribution in [0.1, 0.15) is 22.5 Å².